The summed E-state index contributed by atoms with van der Waals surface area (Å²) in [6, 6.07) is 10.3. The van der Waals surface area contributed by atoms with Crippen molar-refractivity contribution in [1.29, 1.82) is 0 Å². The van der Waals surface area contributed by atoms with Crippen LogP contribution in [0, 0.1) is 0 Å². The topological polar surface area (TPSA) is 34.9 Å². The Balaban J connectivity index is 2.07. The minimum Gasteiger partial charge on any atom is -0.291 e. The molecular formula is C17H19BrN2O. The van der Waals surface area contributed by atoms with Crippen LogP contribution in [0.15, 0.2) is 41.0 Å². The Hall–Kier alpha value is -1.42. The largest absolute Gasteiger partial charge is 0.291 e. The number of aromatic nitrogens is 2. The Morgan fingerprint density at radius 1 is 1.29 bits per heavy atom. The monoisotopic (exact) mass is 346 g/mol. The summed E-state index contributed by atoms with van der Waals surface area (Å²) in [5.41, 5.74) is 1.47. The molecule has 1 aliphatic carbocycles. The lowest BCUT2D eigenvalue weighted by Crippen LogP contribution is -2.43. The summed E-state index contributed by atoms with van der Waals surface area (Å²) in [4.78, 5) is 13.3. The molecule has 0 amide bonds. The van der Waals surface area contributed by atoms with E-state index in [4.69, 9.17) is 0 Å². The number of rotatable bonds is 4. The highest BCUT2D eigenvalue weighted by Crippen LogP contribution is 2.47. The average Bonchev–Trinajstić information content (AvgIpc) is 2.80. The minimum atomic E-state index is -0.365. The van der Waals surface area contributed by atoms with Gasteiger partial charge in [-0.15, -0.1) is 0 Å². The van der Waals surface area contributed by atoms with Crippen LogP contribution < -0.4 is 0 Å². The lowest BCUT2D eigenvalue weighted by Gasteiger charge is -2.41. The fourth-order valence-corrected chi connectivity index (χ4v) is 3.56. The van der Waals surface area contributed by atoms with Crippen molar-refractivity contribution in [2.24, 2.45) is 0 Å². The van der Waals surface area contributed by atoms with E-state index in [1.54, 1.807) is 6.20 Å². The van der Waals surface area contributed by atoms with Crippen molar-refractivity contribution in [2.75, 3.05) is 0 Å². The third kappa shape index (κ3) is 2.26. The van der Waals surface area contributed by atoms with Gasteiger partial charge >= 0.3 is 0 Å². The number of Topliss-reactive ketones (excluding diaryl/α,β-unsaturated/α-hetero) is 1. The molecule has 0 bridgehead atoms. The van der Waals surface area contributed by atoms with E-state index < -0.39 is 0 Å². The van der Waals surface area contributed by atoms with E-state index in [-0.39, 0.29) is 17.2 Å². The van der Waals surface area contributed by atoms with Gasteiger partial charge in [0.15, 0.2) is 5.78 Å². The zero-order valence-electron chi connectivity index (χ0n) is 12.3. The molecule has 1 fully saturated rings. The smallest absolute Gasteiger partial charge is 0.192 e. The maximum absolute atomic E-state index is 13.3. The summed E-state index contributed by atoms with van der Waals surface area (Å²) < 4.78 is 2.62. The normalized spacial score (nSPS) is 16.8. The molecule has 3 nitrogen and oxygen atoms in total. The van der Waals surface area contributed by atoms with Gasteiger partial charge in [-0.25, -0.2) is 0 Å². The van der Waals surface area contributed by atoms with E-state index >= 15 is 0 Å². The number of nitrogens with zero attached hydrogens (tertiary/aromatic N) is 2. The van der Waals surface area contributed by atoms with Crippen molar-refractivity contribution in [3.05, 3.63) is 52.3 Å². The van der Waals surface area contributed by atoms with E-state index in [1.807, 2.05) is 36.7 Å². The molecule has 0 N–H and O–H groups in total. The van der Waals surface area contributed by atoms with E-state index in [2.05, 4.69) is 33.2 Å². The highest BCUT2D eigenvalue weighted by atomic mass is 79.9. The summed E-state index contributed by atoms with van der Waals surface area (Å²) in [6.45, 7) is 4.10. The number of hydrogen-bond donors (Lipinski definition) is 0. The van der Waals surface area contributed by atoms with Crippen molar-refractivity contribution < 1.29 is 4.79 Å². The molecule has 0 aliphatic heterocycles. The molecule has 0 saturated heterocycles. The first-order valence-corrected chi connectivity index (χ1v) is 8.19. The molecule has 4 heteroatoms. The van der Waals surface area contributed by atoms with E-state index in [0.29, 0.717) is 5.69 Å². The zero-order chi connectivity index (χ0) is 15.0. The zero-order valence-corrected chi connectivity index (χ0v) is 13.9. The quantitative estimate of drug-likeness (QED) is 0.762. The van der Waals surface area contributed by atoms with Crippen LogP contribution in [0.25, 0.3) is 0 Å². The van der Waals surface area contributed by atoms with Crippen molar-refractivity contribution in [3.8, 4) is 0 Å². The van der Waals surface area contributed by atoms with Gasteiger partial charge in [0, 0.05) is 6.04 Å². The second-order valence-electron chi connectivity index (χ2n) is 6.01. The molecule has 1 aliphatic rings. The second-order valence-corrected chi connectivity index (χ2v) is 6.86. The van der Waals surface area contributed by atoms with Crippen LogP contribution in [0.2, 0.25) is 0 Å². The van der Waals surface area contributed by atoms with Crippen LogP contribution in [0.1, 0.15) is 55.2 Å². The van der Waals surface area contributed by atoms with Crippen LogP contribution in [0.3, 0.4) is 0 Å². The number of benzene rings is 1. The average molecular weight is 347 g/mol. The number of halogens is 1. The van der Waals surface area contributed by atoms with Crippen LogP contribution in [-0.2, 0) is 5.41 Å². The summed E-state index contributed by atoms with van der Waals surface area (Å²) >= 11 is 3.50. The predicted octanol–water partition coefficient (Wildman–Crippen LogP) is 4.53. The Labute approximate surface area is 133 Å². The van der Waals surface area contributed by atoms with Crippen molar-refractivity contribution in [2.45, 2.75) is 44.6 Å². The molecular weight excluding hydrogens is 328 g/mol. The standard InChI is InChI=1S/C17H19BrN2O/c1-12(2)20-15(14(18)11-19-20)16(21)17(9-6-10-17)13-7-4-3-5-8-13/h3-5,7-8,11-12H,6,9-10H2,1-2H3. The van der Waals surface area contributed by atoms with Crippen molar-refractivity contribution in [1.82, 2.24) is 9.78 Å². The van der Waals surface area contributed by atoms with Crippen molar-refractivity contribution >= 4 is 21.7 Å². The Bertz CT molecular complexity index is 657. The predicted molar refractivity (Wildman–Crippen MR) is 86.6 cm³/mol. The fourth-order valence-electron chi connectivity index (χ4n) is 3.11. The Kier molecular flexibility index (Phi) is 3.74. The summed E-state index contributed by atoms with van der Waals surface area (Å²) in [7, 11) is 0. The summed E-state index contributed by atoms with van der Waals surface area (Å²) in [6.07, 6.45) is 4.68. The molecule has 0 atom stereocenters. The molecule has 1 heterocycles. The molecule has 1 aromatic carbocycles. The molecule has 3 rings (SSSR count). The maximum atomic E-state index is 13.3. The number of carbonyl (C=O) groups excluding carboxylic acids is 1. The molecule has 1 saturated carbocycles. The van der Waals surface area contributed by atoms with E-state index in [1.165, 1.54) is 0 Å². The molecule has 0 spiro atoms. The lowest BCUT2D eigenvalue weighted by molar-refractivity contribution is 0.0774. The van der Waals surface area contributed by atoms with Gasteiger partial charge in [-0.05, 0) is 48.2 Å². The highest BCUT2D eigenvalue weighted by Gasteiger charge is 2.47. The lowest BCUT2D eigenvalue weighted by atomic mass is 9.61. The number of hydrogen-bond acceptors (Lipinski definition) is 2. The summed E-state index contributed by atoms with van der Waals surface area (Å²) in [5, 5.41) is 4.35. The summed E-state index contributed by atoms with van der Waals surface area (Å²) in [5.74, 6) is 0.193. The van der Waals surface area contributed by atoms with E-state index in [0.717, 1.165) is 29.3 Å². The molecule has 1 aromatic heterocycles. The minimum absolute atomic E-state index is 0.170. The van der Waals surface area contributed by atoms with Gasteiger partial charge in [0.25, 0.3) is 0 Å². The first-order valence-electron chi connectivity index (χ1n) is 7.39. The van der Waals surface area contributed by atoms with Gasteiger partial charge in [0.1, 0.15) is 5.69 Å². The van der Waals surface area contributed by atoms with Gasteiger partial charge in [0.05, 0.1) is 16.1 Å². The third-order valence-electron chi connectivity index (χ3n) is 4.42. The van der Waals surface area contributed by atoms with Gasteiger partial charge in [-0.1, -0.05) is 36.8 Å². The third-order valence-corrected chi connectivity index (χ3v) is 5.00. The fraction of sp³-hybridized carbons (Fsp3) is 0.412. The first-order chi connectivity index (χ1) is 10.1. The molecule has 0 unspecified atom stereocenters. The van der Waals surface area contributed by atoms with Gasteiger partial charge in [0.2, 0.25) is 0 Å². The molecule has 21 heavy (non-hydrogen) atoms. The van der Waals surface area contributed by atoms with Gasteiger partial charge < -0.3 is 0 Å². The highest BCUT2D eigenvalue weighted by molar-refractivity contribution is 9.10. The molecule has 110 valence electrons. The van der Waals surface area contributed by atoms with Crippen LogP contribution in [0.4, 0.5) is 0 Å². The number of ketones is 1. The maximum Gasteiger partial charge on any atom is 0.192 e. The van der Waals surface area contributed by atoms with Gasteiger partial charge in [-0.2, -0.15) is 5.10 Å². The van der Waals surface area contributed by atoms with Crippen LogP contribution in [-0.4, -0.2) is 15.6 Å². The van der Waals surface area contributed by atoms with Crippen LogP contribution in [0.5, 0.6) is 0 Å². The van der Waals surface area contributed by atoms with Crippen molar-refractivity contribution in [3.63, 3.8) is 0 Å². The van der Waals surface area contributed by atoms with Gasteiger partial charge in [-0.3, -0.25) is 9.48 Å². The van der Waals surface area contributed by atoms with Crippen LogP contribution >= 0.6 is 15.9 Å². The second kappa shape index (κ2) is 5.41. The molecule has 0 radical (unpaired) electrons. The number of carbonyl (C=O) groups is 1. The Morgan fingerprint density at radius 3 is 2.48 bits per heavy atom. The first kappa shape index (κ1) is 14.5. The van der Waals surface area contributed by atoms with E-state index in [9.17, 15) is 4.79 Å². The Morgan fingerprint density at radius 2 is 1.95 bits per heavy atom. The SMILES string of the molecule is CC(C)n1ncc(Br)c1C(=O)C1(c2ccccc2)CCC1. The molecule has 2 aromatic rings.